The molecule has 0 saturated carbocycles. The third-order valence-electron chi connectivity index (χ3n) is 5.14. The fraction of sp³-hybridized carbons (Fsp3) is 0.652. The van der Waals surface area contributed by atoms with Gasteiger partial charge in [0.05, 0.1) is 0 Å². The highest BCUT2D eigenvalue weighted by atomic mass is 15.4. The maximum atomic E-state index is 2.58. The Morgan fingerprint density at radius 3 is 1.80 bits per heavy atom. The summed E-state index contributed by atoms with van der Waals surface area (Å²) >= 11 is 0. The fourth-order valence-electron chi connectivity index (χ4n) is 3.73. The van der Waals surface area contributed by atoms with Gasteiger partial charge in [-0.05, 0) is 57.2 Å². The molecule has 1 heterocycles. The van der Waals surface area contributed by atoms with E-state index < -0.39 is 0 Å². The second kappa shape index (κ2) is 6.07. The van der Waals surface area contributed by atoms with Crippen LogP contribution in [0.4, 0.5) is 5.69 Å². The summed E-state index contributed by atoms with van der Waals surface area (Å²) < 4.78 is 0. The highest BCUT2D eigenvalue weighted by Crippen LogP contribution is 2.43. The highest BCUT2D eigenvalue weighted by molar-refractivity contribution is 5.60. The summed E-state index contributed by atoms with van der Waals surface area (Å²) in [4.78, 5) is 5.05. The van der Waals surface area contributed by atoms with Crippen LogP contribution in [-0.4, -0.2) is 16.6 Å². The number of aryl methyl sites for hydroxylation is 1. The Hall–Kier alpha value is -1.44. The van der Waals surface area contributed by atoms with Crippen LogP contribution in [0.2, 0.25) is 0 Å². The van der Waals surface area contributed by atoms with Crippen LogP contribution < -0.4 is 4.90 Å². The Labute approximate surface area is 155 Å². The van der Waals surface area contributed by atoms with Crippen LogP contribution in [0.1, 0.15) is 80.4 Å². The molecular formula is C23H38N2. The number of benzene rings is 1. The topological polar surface area (TPSA) is 6.48 Å². The molecule has 0 amide bonds. The van der Waals surface area contributed by atoms with Gasteiger partial charge >= 0.3 is 0 Å². The summed E-state index contributed by atoms with van der Waals surface area (Å²) in [6, 6.07) is 6.93. The molecule has 1 atom stereocenters. The lowest BCUT2D eigenvalue weighted by molar-refractivity contribution is 0.124. The second-order valence-electron chi connectivity index (χ2n) is 10.6. The van der Waals surface area contributed by atoms with Crippen molar-refractivity contribution in [3.05, 3.63) is 41.2 Å². The van der Waals surface area contributed by atoms with Crippen LogP contribution in [0.5, 0.6) is 0 Å². The van der Waals surface area contributed by atoms with Gasteiger partial charge in [0.15, 0.2) is 0 Å². The average Bonchev–Trinajstić information content (AvgIpc) is 2.75. The molecule has 0 saturated heterocycles. The number of hydrogen-bond donors (Lipinski definition) is 0. The molecule has 0 unspecified atom stereocenters. The van der Waals surface area contributed by atoms with E-state index in [1.807, 2.05) is 0 Å². The number of allylic oxidation sites excluding steroid dienone is 1. The maximum Gasteiger partial charge on any atom is 0.103 e. The first-order valence-corrected chi connectivity index (χ1v) is 9.55. The Balaban J connectivity index is 2.59. The molecule has 1 aliphatic rings. The third kappa shape index (κ3) is 3.88. The minimum Gasteiger partial charge on any atom is -0.348 e. The number of nitrogens with zero attached hydrogens (tertiary/aromatic N) is 2. The molecule has 1 aromatic rings. The first kappa shape index (κ1) is 19.9. The lowest BCUT2D eigenvalue weighted by atomic mass is 9.86. The molecule has 0 bridgehead atoms. The largest absolute Gasteiger partial charge is 0.348 e. The molecule has 1 aliphatic heterocycles. The van der Waals surface area contributed by atoms with Crippen molar-refractivity contribution in [3.8, 4) is 0 Å². The van der Waals surface area contributed by atoms with Crippen molar-refractivity contribution in [1.29, 1.82) is 0 Å². The molecule has 25 heavy (non-hydrogen) atoms. The van der Waals surface area contributed by atoms with Gasteiger partial charge in [-0.1, -0.05) is 53.7 Å². The van der Waals surface area contributed by atoms with E-state index in [-0.39, 0.29) is 16.4 Å². The fourth-order valence-corrected chi connectivity index (χ4v) is 3.73. The van der Waals surface area contributed by atoms with E-state index in [1.54, 1.807) is 0 Å². The van der Waals surface area contributed by atoms with Gasteiger partial charge < -0.3 is 9.80 Å². The van der Waals surface area contributed by atoms with Crippen molar-refractivity contribution in [1.82, 2.24) is 4.90 Å². The van der Waals surface area contributed by atoms with Gasteiger partial charge in [0.1, 0.15) is 6.17 Å². The SMILES string of the molecule is Cc1ccc(C(C)(C)C)cc1N1C=C(C(C)(C)C)N(C(C)(C)C)[C@@H]1C. The molecule has 0 aromatic heterocycles. The molecule has 0 spiro atoms. The molecule has 1 aromatic carbocycles. The average molecular weight is 343 g/mol. The van der Waals surface area contributed by atoms with E-state index in [0.29, 0.717) is 6.17 Å². The van der Waals surface area contributed by atoms with Gasteiger partial charge in [-0.25, -0.2) is 0 Å². The van der Waals surface area contributed by atoms with E-state index in [2.05, 4.69) is 110 Å². The molecule has 0 N–H and O–H groups in total. The van der Waals surface area contributed by atoms with Crippen LogP contribution >= 0.6 is 0 Å². The summed E-state index contributed by atoms with van der Waals surface area (Å²) in [7, 11) is 0. The van der Waals surface area contributed by atoms with Crippen molar-refractivity contribution >= 4 is 5.69 Å². The highest BCUT2D eigenvalue weighted by Gasteiger charge is 2.41. The lowest BCUT2D eigenvalue weighted by Gasteiger charge is -2.44. The lowest BCUT2D eigenvalue weighted by Crippen LogP contribution is -2.49. The number of rotatable bonds is 1. The minimum absolute atomic E-state index is 0.0861. The molecule has 0 fully saturated rings. The molecule has 2 nitrogen and oxygen atoms in total. The molecule has 140 valence electrons. The maximum absolute atomic E-state index is 2.58. The van der Waals surface area contributed by atoms with E-state index in [9.17, 15) is 0 Å². The standard InChI is InChI=1S/C23H38N2/c1-16-12-13-18(21(3,4)5)14-19(16)24-15-20(22(6,7)8)25(17(24)2)23(9,10)11/h12-15,17H,1-11H3/t17-/m1/s1. The third-order valence-corrected chi connectivity index (χ3v) is 5.14. The summed E-state index contributed by atoms with van der Waals surface area (Å²) in [6.07, 6.45) is 2.69. The summed E-state index contributed by atoms with van der Waals surface area (Å²) in [6.45, 7) is 25.3. The Morgan fingerprint density at radius 2 is 1.40 bits per heavy atom. The summed E-state index contributed by atoms with van der Waals surface area (Å²) in [5.74, 6) is 0. The van der Waals surface area contributed by atoms with Crippen molar-refractivity contribution in [3.63, 3.8) is 0 Å². The molecule has 0 aliphatic carbocycles. The first-order valence-electron chi connectivity index (χ1n) is 9.55. The van der Waals surface area contributed by atoms with Gasteiger partial charge in [-0.15, -0.1) is 0 Å². The first-order chi connectivity index (χ1) is 11.1. The van der Waals surface area contributed by atoms with Crippen LogP contribution in [0.3, 0.4) is 0 Å². The zero-order valence-electron chi connectivity index (χ0n) is 18.3. The van der Waals surface area contributed by atoms with Crippen LogP contribution in [0.25, 0.3) is 0 Å². The van der Waals surface area contributed by atoms with Gasteiger partial charge in [-0.2, -0.15) is 0 Å². The second-order valence-corrected chi connectivity index (χ2v) is 10.6. The zero-order chi connectivity index (χ0) is 19.4. The Morgan fingerprint density at radius 1 is 0.840 bits per heavy atom. The van der Waals surface area contributed by atoms with E-state index in [0.717, 1.165) is 0 Å². The summed E-state index contributed by atoms with van der Waals surface area (Å²) in [5.41, 5.74) is 5.82. The van der Waals surface area contributed by atoms with Gasteiger partial charge in [-0.3, -0.25) is 0 Å². The van der Waals surface area contributed by atoms with Crippen LogP contribution in [0.15, 0.2) is 30.1 Å². The zero-order valence-corrected chi connectivity index (χ0v) is 18.3. The van der Waals surface area contributed by atoms with Crippen molar-refractivity contribution < 1.29 is 0 Å². The quantitative estimate of drug-likeness (QED) is 0.579. The van der Waals surface area contributed by atoms with E-state index in [4.69, 9.17) is 0 Å². The van der Waals surface area contributed by atoms with Crippen molar-refractivity contribution in [2.24, 2.45) is 5.41 Å². The number of anilines is 1. The molecule has 2 heteroatoms. The predicted molar refractivity (Wildman–Crippen MR) is 111 cm³/mol. The Kier molecular flexibility index (Phi) is 4.83. The van der Waals surface area contributed by atoms with Crippen LogP contribution in [0, 0.1) is 12.3 Å². The molecule has 2 rings (SSSR count). The van der Waals surface area contributed by atoms with E-state index >= 15 is 0 Å². The van der Waals surface area contributed by atoms with Gasteiger partial charge in [0.2, 0.25) is 0 Å². The molecule has 0 radical (unpaired) electrons. The molecular weight excluding hydrogens is 304 g/mol. The van der Waals surface area contributed by atoms with Crippen molar-refractivity contribution in [2.75, 3.05) is 4.90 Å². The minimum atomic E-state index is 0.0861. The predicted octanol–water partition coefficient (Wildman–Crippen LogP) is 6.45. The van der Waals surface area contributed by atoms with Gasteiger partial charge in [0.25, 0.3) is 0 Å². The van der Waals surface area contributed by atoms with Crippen molar-refractivity contribution in [2.45, 2.75) is 93.3 Å². The Bertz CT molecular complexity index is 663. The monoisotopic (exact) mass is 342 g/mol. The summed E-state index contributed by atoms with van der Waals surface area (Å²) in [5, 5.41) is 0. The number of hydrogen-bond acceptors (Lipinski definition) is 2. The van der Waals surface area contributed by atoms with Crippen LogP contribution in [-0.2, 0) is 5.41 Å². The smallest absolute Gasteiger partial charge is 0.103 e. The van der Waals surface area contributed by atoms with E-state index in [1.165, 1.54) is 22.5 Å². The normalized spacial score (nSPS) is 19.5. The van der Waals surface area contributed by atoms with Gasteiger partial charge in [0, 0.05) is 28.5 Å².